The molecule has 0 unspecified atom stereocenters. The van der Waals surface area contributed by atoms with Crippen LogP contribution in [0.2, 0.25) is 10.0 Å². The van der Waals surface area contributed by atoms with Crippen LogP contribution >= 0.6 is 35.0 Å². The summed E-state index contributed by atoms with van der Waals surface area (Å²) in [7, 11) is 0. The summed E-state index contributed by atoms with van der Waals surface area (Å²) in [5, 5.41) is 9.94. The van der Waals surface area contributed by atoms with Crippen molar-refractivity contribution in [1.29, 1.82) is 0 Å². The highest BCUT2D eigenvalue weighted by Gasteiger charge is 2.12. The van der Waals surface area contributed by atoms with Crippen molar-refractivity contribution in [3.8, 4) is 11.5 Å². The van der Waals surface area contributed by atoms with Gasteiger partial charge in [-0.1, -0.05) is 47.1 Å². The molecule has 0 fully saturated rings. The maximum absolute atomic E-state index is 6.10. The van der Waals surface area contributed by atoms with E-state index in [0.29, 0.717) is 27.6 Å². The Morgan fingerprint density at radius 3 is 2.62 bits per heavy atom. The minimum Gasteiger partial charge on any atom is -0.420 e. The highest BCUT2D eigenvalue weighted by atomic mass is 35.5. The van der Waals surface area contributed by atoms with Crippen LogP contribution in [0.1, 0.15) is 5.89 Å². The van der Waals surface area contributed by atoms with Crippen LogP contribution in [0, 0.1) is 0 Å². The summed E-state index contributed by atoms with van der Waals surface area (Å²) >= 11 is 13.6. The summed E-state index contributed by atoms with van der Waals surface area (Å²) in [5.41, 5.74) is 0.721. The molecule has 0 aliphatic carbocycles. The fourth-order valence-corrected chi connectivity index (χ4v) is 2.88. The zero-order valence-electron chi connectivity index (χ0n) is 10.7. The third-order valence-corrected chi connectivity index (χ3v) is 4.36. The SMILES string of the molecule is Clc1ccccc1-c1nnc(CSc2ncccc2Cl)o1. The predicted molar refractivity (Wildman–Crippen MR) is 83.6 cm³/mol. The number of aromatic nitrogens is 3. The Balaban J connectivity index is 1.74. The molecule has 7 heteroatoms. The molecular weight excluding hydrogens is 329 g/mol. The van der Waals surface area contributed by atoms with E-state index in [2.05, 4.69) is 15.2 Å². The van der Waals surface area contributed by atoms with Crippen LogP contribution in [0.15, 0.2) is 52.0 Å². The quantitative estimate of drug-likeness (QED) is 0.644. The van der Waals surface area contributed by atoms with Crippen LogP contribution in [0.4, 0.5) is 0 Å². The molecule has 0 amide bonds. The molecule has 0 bridgehead atoms. The van der Waals surface area contributed by atoms with Gasteiger partial charge in [-0.2, -0.15) is 0 Å². The van der Waals surface area contributed by atoms with Crippen molar-refractivity contribution in [3.05, 3.63) is 58.5 Å². The molecule has 2 heterocycles. The molecule has 0 saturated heterocycles. The highest BCUT2D eigenvalue weighted by molar-refractivity contribution is 7.98. The molecule has 1 aromatic carbocycles. The lowest BCUT2D eigenvalue weighted by atomic mass is 10.2. The fourth-order valence-electron chi connectivity index (χ4n) is 1.66. The number of nitrogens with zero attached hydrogens (tertiary/aromatic N) is 3. The number of rotatable bonds is 4. The van der Waals surface area contributed by atoms with Crippen molar-refractivity contribution in [3.63, 3.8) is 0 Å². The van der Waals surface area contributed by atoms with E-state index in [1.54, 1.807) is 24.4 Å². The first-order valence-corrected chi connectivity index (χ1v) is 7.79. The molecule has 0 spiro atoms. The summed E-state index contributed by atoms with van der Waals surface area (Å²) in [6.07, 6.45) is 1.69. The average Bonchev–Trinajstić information content (AvgIpc) is 2.96. The van der Waals surface area contributed by atoms with Crippen LogP contribution in [0.25, 0.3) is 11.5 Å². The third kappa shape index (κ3) is 3.37. The topological polar surface area (TPSA) is 51.8 Å². The average molecular weight is 338 g/mol. The third-order valence-electron chi connectivity index (χ3n) is 2.63. The van der Waals surface area contributed by atoms with Crippen molar-refractivity contribution in [2.24, 2.45) is 0 Å². The number of pyridine rings is 1. The molecular formula is C14H9Cl2N3OS. The number of hydrogen-bond donors (Lipinski definition) is 0. The first-order valence-electron chi connectivity index (χ1n) is 6.04. The van der Waals surface area contributed by atoms with Crippen molar-refractivity contribution < 1.29 is 4.42 Å². The Kier molecular flexibility index (Phi) is 4.43. The largest absolute Gasteiger partial charge is 0.420 e. The molecule has 0 N–H and O–H groups in total. The number of hydrogen-bond acceptors (Lipinski definition) is 5. The molecule has 3 aromatic rings. The normalized spacial score (nSPS) is 10.8. The first-order chi connectivity index (χ1) is 10.2. The van der Waals surface area contributed by atoms with Gasteiger partial charge in [0.05, 0.1) is 21.4 Å². The van der Waals surface area contributed by atoms with Crippen LogP contribution in [-0.4, -0.2) is 15.2 Å². The van der Waals surface area contributed by atoms with Crippen molar-refractivity contribution >= 4 is 35.0 Å². The molecule has 0 aliphatic rings. The summed E-state index contributed by atoms with van der Waals surface area (Å²) in [6, 6.07) is 10.9. The van der Waals surface area contributed by atoms with Gasteiger partial charge in [-0.15, -0.1) is 10.2 Å². The molecule has 0 saturated carbocycles. The summed E-state index contributed by atoms with van der Waals surface area (Å²) in [6.45, 7) is 0. The maximum atomic E-state index is 6.10. The van der Waals surface area contributed by atoms with Gasteiger partial charge in [-0.25, -0.2) is 4.98 Å². The number of halogens is 2. The van der Waals surface area contributed by atoms with E-state index < -0.39 is 0 Å². The van der Waals surface area contributed by atoms with Gasteiger partial charge in [-0.05, 0) is 24.3 Å². The van der Waals surface area contributed by atoms with Gasteiger partial charge in [0.15, 0.2) is 0 Å². The highest BCUT2D eigenvalue weighted by Crippen LogP contribution is 2.29. The van der Waals surface area contributed by atoms with Crippen LogP contribution in [0.3, 0.4) is 0 Å². The van der Waals surface area contributed by atoms with E-state index in [-0.39, 0.29) is 0 Å². The number of benzene rings is 1. The summed E-state index contributed by atoms with van der Waals surface area (Å²) < 4.78 is 5.61. The number of thioether (sulfide) groups is 1. The lowest BCUT2D eigenvalue weighted by Gasteiger charge is -1.99. The Hall–Kier alpha value is -1.56. The van der Waals surface area contributed by atoms with Crippen LogP contribution in [-0.2, 0) is 5.75 Å². The van der Waals surface area contributed by atoms with E-state index in [9.17, 15) is 0 Å². The van der Waals surface area contributed by atoms with E-state index in [4.69, 9.17) is 27.6 Å². The van der Waals surface area contributed by atoms with Gasteiger partial charge < -0.3 is 4.42 Å². The smallest absolute Gasteiger partial charge is 0.249 e. The Labute approximate surface area is 135 Å². The fraction of sp³-hybridized carbons (Fsp3) is 0.0714. The molecule has 21 heavy (non-hydrogen) atoms. The summed E-state index contributed by atoms with van der Waals surface area (Å²) in [4.78, 5) is 4.19. The molecule has 3 rings (SSSR count). The van der Waals surface area contributed by atoms with Gasteiger partial charge >= 0.3 is 0 Å². The Morgan fingerprint density at radius 2 is 1.81 bits per heavy atom. The monoisotopic (exact) mass is 337 g/mol. The van der Waals surface area contributed by atoms with Crippen molar-refractivity contribution in [1.82, 2.24) is 15.2 Å². The van der Waals surface area contributed by atoms with Gasteiger partial charge in [0.2, 0.25) is 11.8 Å². The minimum atomic E-state index is 0.406. The Morgan fingerprint density at radius 1 is 1.00 bits per heavy atom. The maximum Gasteiger partial charge on any atom is 0.249 e. The van der Waals surface area contributed by atoms with Gasteiger partial charge in [0, 0.05) is 6.20 Å². The Bertz CT molecular complexity index is 763. The van der Waals surface area contributed by atoms with E-state index in [0.717, 1.165) is 10.6 Å². The van der Waals surface area contributed by atoms with Crippen molar-refractivity contribution in [2.45, 2.75) is 10.8 Å². The lowest BCUT2D eigenvalue weighted by Crippen LogP contribution is -1.84. The molecule has 106 valence electrons. The molecule has 0 aliphatic heterocycles. The van der Waals surface area contributed by atoms with Gasteiger partial charge in [0.1, 0.15) is 5.03 Å². The van der Waals surface area contributed by atoms with Crippen LogP contribution < -0.4 is 0 Å². The molecule has 4 nitrogen and oxygen atoms in total. The summed E-state index contributed by atoms with van der Waals surface area (Å²) in [5.74, 6) is 1.40. The zero-order chi connectivity index (χ0) is 14.7. The second-order valence-corrected chi connectivity index (χ2v) is 5.84. The second-order valence-electron chi connectivity index (χ2n) is 4.06. The standard InChI is InChI=1S/C14H9Cl2N3OS/c15-10-5-2-1-4-9(10)13-19-18-12(20-13)8-21-14-11(16)6-3-7-17-14/h1-7H,8H2. The first kappa shape index (κ1) is 14.4. The molecule has 0 atom stereocenters. The second kappa shape index (κ2) is 6.47. The van der Waals surface area contributed by atoms with Gasteiger partial charge in [-0.3, -0.25) is 0 Å². The predicted octanol–water partition coefficient (Wildman–Crippen LogP) is 4.73. The minimum absolute atomic E-state index is 0.406. The van der Waals surface area contributed by atoms with Crippen LogP contribution in [0.5, 0.6) is 0 Å². The van der Waals surface area contributed by atoms with E-state index in [1.165, 1.54) is 11.8 Å². The van der Waals surface area contributed by atoms with Gasteiger partial charge in [0.25, 0.3) is 0 Å². The lowest BCUT2D eigenvalue weighted by molar-refractivity contribution is 0.528. The molecule has 2 aromatic heterocycles. The molecule has 0 radical (unpaired) electrons. The van der Waals surface area contributed by atoms with E-state index >= 15 is 0 Å². The van der Waals surface area contributed by atoms with E-state index in [1.807, 2.05) is 18.2 Å². The zero-order valence-corrected chi connectivity index (χ0v) is 13.0. The van der Waals surface area contributed by atoms with Crippen molar-refractivity contribution in [2.75, 3.05) is 0 Å².